The molecule has 0 spiro atoms. The molecule has 0 aliphatic rings. The number of aromatic nitrogens is 1. The van der Waals surface area contributed by atoms with Gasteiger partial charge in [-0.3, -0.25) is 4.72 Å². The quantitative estimate of drug-likeness (QED) is 0.698. The Bertz CT molecular complexity index is 1030. The van der Waals surface area contributed by atoms with E-state index in [0.717, 1.165) is 5.56 Å². The zero-order valence-corrected chi connectivity index (χ0v) is 15.1. The van der Waals surface area contributed by atoms with Gasteiger partial charge < -0.3 is 5.32 Å². The first-order valence-electron chi connectivity index (χ1n) is 7.92. The molecule has 7 heteroatoms. The van der Waals surface area contributed by atoms with Gasteiger partial charge >= 0.3 is 0 Å². The Labute approximate surface area is 152 Å². The highest BCUT2D eigenvalue weighted by atomic mass is 32.2. The third-order valence-corrected chi connectivity index (χ3v) is 5.25. The molecule has 2 N–H and O–H groups in total. The number of nitrogens with one attached hydrogen (secondary N) is 2. The lowest BCUT2D eigenvalue weighted by molar-refractivity contribution is 0.600. The first-order chi connectivity index (χ1) is 12.3. The highest BCUT2D eigenvalue weighted by Crippen LogP contribution is 2.21. The number of benzene rings is 2. The van der Waals surface area contributed by atoms with Crippen LogP contribution in [0.3, 0.4) is 0 Å². The number of hydrogen-bond acceptors (Lipinski definition) is 4. The molecular formula is C19H18FN3O2S. The summed E-state index contributed by atoms with van der Waals surface area (Å²) >= 11 is 0. The Morgan fingerprint density at radius 1 is 0.962 bits per heavy atom. The molecule has 0 bridgehead atoms. The van der Waals surface area contributed by atoms with E-state index in [2.05, 4.69) is 15.0 Å². The molecule has 0 aliphatic carbocycles. The van der Waals surface area contributed by atoms with Crippen LogP contribution in [0.25, 0.3) is 0 Å². The summed E-state index contributed by atoms with van der Waals surface area (Å²) in [6.45, 7) is 3.66. The van der Waals surface area contributed by atoms with Crippen molar-refractivity contribution in [3.8, 4) is 0 Å². The summed E-state index contributed by atoms with van der Waals surface area (Å²) in [5, 5.41) is 3.00. The molecule has 5 nitrogen and oxygen atoms in total. The van der Waals surface area contributed by atoms with E-state index in [-0.39, 0.29) is 16.5 Å². The number of hydrogen-bond donors (Lipinski definition) is 2. The van der Waals surface area contributed by atoms with E-state index in [0.29, 0.717) is 16.9 Å². The molecule has 1 heterocycles. The Morgan fingerprint density at radius 3 is 2.42 bits per heavy atom. The summed E-state index contributed by atoms with van der Waals surface area (Å²) in [5.74, 6) is -0.143. The lowest BCUT2D eigenvalue weighted by Gasteiger charge is -2.11. The van der Waals surface area contributed by atoms with Crippen molar-refractivity contribution >= 4 is 27.2 Å². The summed E-state index contributed by atoms with van der Waals surface area (Å²) in [5.41, 5.74) is 2.86. The van der Waals surface area contributed by atoms with E-state index < -0.39 is 10.0 Å². The maximum atomic E-state index is 13.2. The minimum Gasteiger partial charge on any atom is -0.354 e. The average Bonchev–Trinajstić information content (AvgIpc) is 2.56. The first kappa shape index (κ1) is 17.9. The Balaban J connectivity index is 1.76. The van der Waals surface area contributed by atoms with Crippen LogP contribution in [0.4, 0.5) is 21.6 Å². The van der Waals surface area contributed by atoms with Crippen LogP contribution in [0.1, 0.15) is 11.1 Å². The maximum Gasteiger partial charge on any atom is 0.263 e. The smallest absolute Gasteiger partial charge is 0.263 e. The fourth-order valence-corrected chi connectivity index (χ4v) is 3.79. The van der Waals surface area contributed by atoms with Gasteiger partial charge in [0.1, 0.15) is 11.6 Å². The lowest BCUT2D eigenvalue weighted by atomic mass is 10.2. The second-order valence-electron chi connectivity index (χ2n) is 5.94. The summed E-state index contributed by atoms with van der Waals surface area (Å²) in [6, 6.07) is 14.4. The van der Waals surface area contributed by atoms with Crippen molar-refractivity contribution in [2.45, 2.75) is 18.7 Å². The predicted molar refractivity (Wildman–Crippen MR) is 101 cm³/mol. The average molecular weight is 371 g/mol. The fourth-order valence-electron chi connectivity index (χ4n) is 2.55. The first-order valence-corrected chi connectivity index (χ1v) is 9.40. The normalized spacial score (nSPS) is 11.2. The number of halogens is 1. The van der Waals surface area contributed by atoms with Gasteiger partial charge in [-0.1, -0.05) is 23.8 Å². The van der Waals surface area contributed by atoms with Gasteiger partial charge in [0.15, 0.2) is 0 Å². The number of sulfonamides is 1. The van der Waals surface area contributed by atoms with Crippen molar-refractivity contribution in [2.24, 2.45) is 0 Å². The third-order valence-electron chi connectivity index (χ3n) is 3.74. The fraction of sp³-hybridized carbons (Fsp3) is 0.105. The minimum atomic E-state index is -3.72. The molecule has 0 amide bonds. The van der Waals surface area contributed by atoms with E-state index in [1.807, 2.05) is 13.0 Å². The molecule has 0 saturated heterocycles. The van der Waals surface area contributed by atoms with Gasteiger partial charge in [0.25, 0.3) is 10.0 Å². The largest absolute Gasteiger partial charge is 0.354 e. The topological polar surface area (TPSA) is 71.1 Å². The zero-order valence-electron chi connectivity index (χ0n) is 14.3. The van der Waals surface area contributed by atoms with Crippen LogP contribution in [0.15, 0.2) is 65.7 Å². The monoisotopic (exact) mass is 371 g/mol. The standard InChI is InChI=1S/C19H18FN3O2S/c1-13-6-8-18(14(2)10-13)26(24,25)23-19-9-7-17(12-21-19)22-16-5-3-4-15(20)11-16/h3-12,22H,1-2H3,(H,21,23). The molecule has 0 fully saturated rings. The zero-order chi connectivity index (χ0) is 18.7. The maximum absolute atomic E-state index is 13.2. The molecule has 1 aromatic heterocycles. The van der Waals surface area contributed by atoms with Gasteiger partial charge in [0.05, 0.1) is 16.8 Å². The molecule has 3 rings (SSSR count). The molecular weight excluding hydrogens is 353 g/mol. The van der Waals surface area contributed by atoms with Crippen LogP contribution >= 0.6 is 0 Å². The van der Waals surface area contributed by atoms with Gasteiger partial charge in [0, 0.05) is 5.69 Å². The highest BCUT2D eigenvalue weighted by molar-refractivity contribution is 7.92. The van der Waals surface area contributed by atoms with E-state index in [4.69, 9.17) is 0 Å². The molecule has 0 radical (unpaired) electrons. The van der Waals surface area contributed by atoms with Crippen LogP contribution < -0.4 is 10.0 Å². The van der Waals surface area contributed by atoms with Crippen LogP contribution in [0.5, 0.6) is 0 Å². The summed E-state index contributed by atoms with van der Waals surface area (Å²) in [6.07, 6.45) is 1.48. The van der Waals surface area contributed by atoms with Crippen LogP contribution in [-0.4, -0.2) is 13.4 Å². The van der Waals surface area contributed by atoms with Crippen LogP contribution in [0, 0.1) is 19.7 Å². The minimum absolute atomic E-state index is 0.203. The summed E-state index contributed by atoms with van der Waals surface area (Å²) in [7, 11) is -3.72. The van der Waals surface area contributed by atoms with Crippen molar-refractivity contribution in [3.63, 3.8) is 0 Å². The van der Waals surface area contributed by atoms with Crippen molar-refractivity contribution in [1.82, 2.24) is 4.98 Å². The lowest BCUT2D eigenvalue weighted by Crippen LogP contribution is -2.15. The second kappa shape index (κ2) is 7.13. The molecule has 0 unspecified atom stereocenters. The van der Waals surface area contributed by atoms with E-state index in [9.17, 15) is 12.8 Å². The SMILES string of the molecule is Cc1ccc(S(=O)(=O)Nc2ccc(Nc3cccc(F)c3)cn2)c(C)c1. The van der Waals surface area contributed by atoms with Gasteiger partial charge in [0.2, 0.25) is 0 Å². The van der Waals surface area contributed by atoms with Crippen molar-refractivity contribution in [3.05, 3.63) is 77.7 Å². The predicted octanol–water partition coefficient (Wildman–Crippen LogP) is 4.38. The molecule has 3 aromatic rings. The van der Waals surface area contributed by atoms with E-state index in [1.165, 1.54) is 18.3 Å². The molecule has 2 aromatic carbocycles. The Kier molecular flexibility index (Phi) is 4.90. The molecule has 26 heavy (non-hydrogen) atoms. The number of nitrogens with zero attached hydrogens (tertiary/aromatic N) is 1. The summed E-state index contributed by atoms with van der Waals surface area (Å²) in [4.78, 5) is 4.32. The Morgan fingerprint density at radius 2 is 1.77 bits per heavy atom. The van der Waals surface area contributed by atoms with Crippen molar-refractivity contribution in [1.29, 1.82) is 0 Å². The highest BCUT2D eigenvalue weighted by Gasteiger charge is 2.17. The summed E-state index contributed by atoms with van der Waals surface area (Å²) < 4.78 is 40.8. The Hall–Kier alpha value is -2.93. The van der Waals surface area contributed by atoms with Gasteiger partial charge in [-0.15, -0.1) is 0 Å². The number of pyridine rings is 1. The third kappa shape index (κ3) is 4.18. The van der Waals surface area contributed by atoms with Crippen molar-refractivity contribution in [2.75, 3.05) is 10.0 Å². The van der Waals surface area contributed by atoms with Crippen LogP contribution in [0.2, 0.25) is 0 Å². The molecule has 134 valence electrons. The number of rotatable bonds is 5. The van der Waals surface area contributed by atoms with Gasteiger partial charge in [-0.2, -0.15) is 0 Å². The van der Waals surface area contributed by atoms with Crippen LogP contribution in [-0.2, 0) is 10.0 Å². The van der Waals surface area contributed by atoms with E-state index in [1.54, 1.807) is 43.3 Å². The van der Waals surface area contributed by atoms with Gasteiger partial charge in [-0.05, 0) is 55.8 Å². The second-order valence-corrected chi connectivity index (χ2v) is 7.59. The molecule has 0 aliphatic heterocycles. The number of aryl methyl sites for hydroxylation is 2. The van der Waals surface area contributed by atoms with Gasteiger partial charge in [-0.25, -0.2) is 17.8 Å². The molecule has 0 atom stereocenters. The van der Waals surface area contributed by atoms with Crippen molar-refractivity contribution < 1.29 is 12.8 Å². The number of anilines is 3. The van der Waals surface area contributed by atoms with E-state index >= 15 is 0 Å². The molecule has 0 saturated carbocycles.